The van der Waals surface area contributed by atoms with Crippen molar-refractivity contribution in [3.05, 3.63) is 30.3 Å². The topological polar surface area (TPSA) is 15.3 Å². The van der Waals surface area contributed by atoms with Crippen LogP contribution in [0.2, 0.25) is 0 Å². The molecule has 1 N–H and O–H groups in total. The summed E-state index contributed by atoms with van der Waals surface area (Å²) in [6.45, 7) is 6.75. The van der Waals surface area contributed by atoms with Crippen LogP contribution in [-0.4, -0.2) is 12.6 Å². The molecule has 0 amide bonds. The van der Waals surface area contributed by atoms with E-state index in [0.717, 1.165) is 12.8 Å². The van der Waals surface area contributed by atoms with Crippen LogP contribution in [0.5, 0.6) is 0 Å². The maximum atomic E-state index is 3.29. The largest absolute Gasteiger partial charge is 0.303 e. The van der Waals surface area contributed by atoms with E-state index >= 15 is 0 Å². The zero-order chi connectivity index (χ0) is 11.3. The minimum absolute atomic E-state index is 0.177. The van der Waals surface area contributed by atoms with Crippen molar-refractivity contribution < 1.29 is 0 Å². The molecule has 1 aromatic rings. The Kier molecular flexibility index (Phi) is 4.15. The molecule has 0 saturated carbocycles. The summed E-state index contributed by atoms with van der Waals surface area (Å²) in [5, 5.41) is 2.26. The third kappa shape index (κ3) is 2.51. The van der Waals surface area contributed by atoms with Crippen molar-refractivity contribution in [1.29, 1.82) is 0 Å². The van der Waals surface area contributed by atoms with Gasteiger partial charge in [-0.25, -0.2) is 5.43 Å². The smallest absolute Gasteiger partial charge is 0.0530 e. The molecule has 0 heterocycles. The van der Waals surface area contributed by atoms with Crippen LogP contribution in [0.4, 0.5) is 5.69 Å². The van der Waals surface area contributed by atoms with Gasteiger partial charge in [0.25, 0.3) is 0 Å². The van der Waals surface area contributed by atoms with Gasteiger partial charge in [0.05, 0.1) is 11.2 Å². The van der Waals surface area contributed by atoms with Crippen LogP contribution in [-0.2, 0) is 0 Å². The lowest BCUT2D eigenvalue weighted by Crippen LogP contribution is -2.52. The number of hydrogen-bond donors (Lipinski definition) is 1. The SMILES string of the molecule is CCC(C)(CC)N(NC)c1ccccc1. The van der Waals surface area contributed by atoms with Crippen LogP contribution in [0.1, 0.15) is 33.6 Å². The van der Waals surface area contributed by atoms with E-state index in [2.05, 4.69) is 55.5 Å². The Hall–Kier alpha value is -1.02. The van der Waals surface area contributed by atoms with Crippen molar-refractivity contribution in [3.8, 4) is 0 Å². The van der Waals surface area contributed by atoms with E-state index in [1.807, 2.05) is 13.1 Å². The summed E-state index contributed by atoms with van der Waals surface area (Å²) in [6, 6.07) is 10.5. The number of anilines is 1. The molecule has 0 atom stereocenters. The van der Waals surface area contributed by atoms with Gasteiger partial charge in [-0.05, 0) is 31.9 Å². The zero-order valence-corrected chi connectivity index (χ0v) is 10.2. The number of para-hydroxylation sites is 1. The maximum Gasteiger partial charge on any atom is 0.0530 e. The number of hydrazine groups is 1. The molecule has 0 fully saturated rings. The summed E-state index contributed by atoms with van der Waals surface area (Å²) in [4.78, 5) is 0. The molecule has 0 radical (unpaired) electrons. The van der Waals surface area contributed by atoms with Crippen molar-refractivity contribution in [1.82, 2.24) is 5.43 Å². The van der Waals surface area contributed by atoms with E-state index in [0.29, 0.717) is 0 Å². The quantitative estimate of drug-likeness (QED) is 0.744. The maximum absolute atomic E-state index is 3.29. The molecule has 0 aliphatic rings. The van der Waals surface area contributed by atoms with Crippen LogP contribution < -0.4 is 10.4 Å². The predicted molar refractivity (Wildman–Crippen MR) is 67.0 cm³/mol. The lowest BCUT2D eigenvalue weighted by atomic mass is 9.94. The van der Waals surface area contributed by atoms with Crippen molar-refractivity contribution in [2.75, 3.05) is 12.1 Å². The fraction of sp³-hybridized carbons (Fsp3) is 0.538. The lowest BCUT2D eigenvalue weighted by molar-refractivity contribution is 0.366. The first-order chi connectivity index (χ1) is 7.18. The van der Waals surface area contributed by atoms with Crippen LogP contribution in [0.25, 0.3) is 0 Å². The second-order valence-corrected chi connectivity index (χ2v) is 4.10. The Morgan fingerprint density at radius 3 is 2.07 bits per heavy atom. The Balaban J connectivity index is 2.98. The lowest BCUT2D eigenvalue weighted by Gasteiger charge is -2.41. The van der Waals surface area contributed by atoms with Gasteiger partial charge in [-0.1, -0.05) is 32.0 Å². The minimum atomic E-state index is 0.177. The van der Waals surface area contributed by atoms with E-state index < -0.39 is 0 Å². The van der Waals surface area contributed by atoms with Gasteiger partial charge in [-0.3, -0.25) is 0 Å². The van der Waals surface area contributed by atoms with Gasteiger partial charge in [0.1, 0.15) is 0 Å². The van der Waals surface area contributed by atoms with E-state index in [9.17, 15) is 0 Å². The number of nitrogens with one attached hydrogen (secondary N) is 1. The number of rotatable bonds is 5. The predicted octanol–water partition coefficient (Wildman–Crippen LogP) is 3.21. The first kappa shape index (κ1) is 12.1. The molecule has 0 aliphatic carbocycles. The number of hydrogen-bond acceptors (Lipinski definition) is 2. The standard InChI is InChI=1S/C13H22N2/c1-5-13(3,6-2)15(14-4)12-10-8-7-9-11-12/h7-11,14H,5-6H2,1-4H3. The average Bonchev–Trinajstić information content (AvgIpc) is 2.31. The van der Waals surface area contributed by atoms with Gasteiger partial charge in [-0.2, -0.15) is 0 Å². The van der Waals surface area contributed by atoms with E-state index in [4.69, 9.17) is 0 Å². The molecule has 0 bridgehead atoms. The Morgan fingerprint density at radius 1 is 1.13 bits per heavy atom. The van der Waals surface area contributed by atoms with Gasteiger partial charge in [-0.15, -0.1) is 0 Å². The summed E-state index contributed by atoms with van der Waals surface area (Å²) in [7, 11) is 1.98. The normalized spacial score (nSPS) is 11.5. The molecule has 15 heavy (non-hydrogen) atoms. The highest BCUT2D eigenvalue weighted by atomic mass is 15.5. The highest BCUT2D eigenvalue weighted by molar-refractivity contribution is 5.47. The van der Waals surface area contributed by atoms with E-state index in [1.54, 1.807) is 0 Å². The molecule has 0 spiro atoms. The average molecular weight is 206 g/mol. The molecule has 0 aromatic heterocycles. The summed E-state index contributed by atoms with van der Waals surface area (Å²) in [5.74, 6) is 0. The second-order valence-electron chi connectivity index (χ2n) is 4.10. The third-order valence-electron chi connectivity index (χ3n) is 3.30. The highest BCUT2D eigenvalue weighted by Crippen LogP contribution is 2.27. The molecule has 0 saturated heterocycles. The van der Waals surface area contributed by atoms with E-state index in [-0.39, 0.29) is 5.54 Å². The van der Waals surface area contributed by atoms with Gasteiger partial charge in [0.15, 0.2) is 0 Å². The molecular weight excluding hydrogens is 184 g/mol. The molecular formula is C13H22N2. The highest BCUT2D eigenvalue weighted by Gasteiger charge is 2.27. The van der Waals surface area contributed by atoms with Crippen LogP contribution in [0.3, 0.4) is 0 Å². The Morgan fingerprint density at radius 2 is 1.67 bits per heavy atom. The van der Waals surface area contributed by atoms with E-state index in [1.165, 1.54) is 5.69 Å². The van der Waals surface area contributed by atoms with Gasteiger partial charge in [0, 0.05) is 7.05 Å². The first-order valence-electron chi connectivity index (χ1n) is 5.70. The van der Waals surface area contributed by atoms with Crippen molar-refractivity contribution in [2.45, 2.75) is 39.2 Å². The monoisotopic (exact) mass is 206 g/mol. The summed E-state index contributed by atoms with van der Waals surface area (Å²) >= 11 is 0. The summed E-state index contributed by atoms with van der Waals surface area (Å²) in [6.07, 6.45) is 2.25. The van der Waals surface area contributed by atoms with Gasteiger partial charge < -0.3 is 5.01 Å². The van der Waals surface area contributed by atoms with Crippen molar-refractivity contribution >= 4 is 5.69 Å². The van der Waals surface area contributed by atoms with Gasteiger partial charge in [0.2, 0.25) is 0 Å². The fourth-order valence-corrected chi connectivity index (χ4v) is 1.85. The number of nitrogens with zero attached hydrogens (tertiary/aromatic N) is 1. The summed E-state index contributed by atoms with van der Waals surface area (Å²) < 4.78 is 0. The molecule has 84 valence electrons. The van der Waals surface area contributed by atoms with Crippen molar-refractivity contribution in [3.63, 3.8) is 0 Å². The Bertz CT molecular complexity index is 278. The summed E-state index contributed by atoms with van der Waals surface area (Å²) in [5.41, 5.74) is 4.70. The number of benzene rings is 1. The molecule has 1 aromatic carbocycles. The van der Waals surface area contributed by atoms with Crippen molar-refractivity contribution in [2.24, 2.45) is 0 Å². The molecule has 2 nitrogen and oxygen atoms in total. The Labute approximate surface area is 93.3 Å². The van der Waals surface area contributed by atoms with Crippen LogP contribution in [0, 0.1) is 0 Å². The zero-order valence-electron chi connectivity index (χ0n) is 10.2. The fourth-order valence-electron chi connectivity index (χ4n) is 1.85. The minimum Gasteiger partial charge on any atom is -0.303 e. The molecule has 0 aliphatic heterocycles. The van der Waals surface area contributed by atoms with Crippen LogP contribution >= 0.6 is 0 Å². The molecule has 0 unspecified atom stereocenters. The third-order valence-corrected chi connectivity index (χ3v) is 3.30. The molecule has 2 heteroatoms. The first-order valence-corrected chi connectivity index (χ1v) is 5.70. The van der Waals surface area contributed by atoms with Gasteiger partial charge >= 0.3 is 0 Å². The second kappa shape index (κ2) is 5.17. The van der Waals surface area contributed by atoms with Crippen LogP contribution in [0.15, 0.2) is 30.3 Å². The molecule has 1 rings (SSSR count).